The van der Waals surface area contributed by atoms with Crippen LogP contribution in [0.2, 0.25) is 5.02 Å². The van der Waals surface area contributed by atoms with Crippen molar-refractivity contribution in [3.8, 4) is 5.75 Å². The van der Waals surface area contributed by atoms with Crippen LogP contribution in [0, 0.1) is 0 Å². The fourth-order valence-electron chi connectivity index (χ4n) is 1.62. The lowest BCUT2D eigenvalue weighted by atomic mass is 10.1. The number of urea groups is 1. The topological polar surface area (TPSA) is 79.5 Å². The van der Waals surface area contributed by atoms with Crippen molar-refractivity contribution in [3.05, 3.63) is 23.2 Å². The van der Waals surface area contributed by atoms with E-state index >= 15 is 0 Å². The third-order valence-electron chi connectivity index (χ3n) is 2.66. The molecule has 0 aliphatic carbocycles. The van der Waals surface area contributed by atoms with E-state index in [4.69, 9.17) is 16.3 Å². The van der Waals surface area contributed by atoms with Crippen LogP contribution in [0.4, 0.5) is 10.5 Å². The summed E-state index contributed by atoms with van der Waals surface area (Å²) >= 11 is 6.04. The van der Waals surface area contributed by atoms with Crippen LogP contribution >= 0.6 is 11.6 Å². The molecular formula is C15H22ClN3O3. The molecule has 122 valence electrons. The molecule has 1 unspecified atom stereocenters. The maximum atomic E-state index is 11.9. The predicted octanol–water partition coefficient (Wildman–Crippen LogP) is 2.77. The number of ether oxygens (including phenoxy) is 1. The standard InChI is InChI=1S/C15H22ClN3O3/c1-9(13(20)19-15(2,3)4)17-14(21)18-12-7-6-10(22-5)8-11(12)16/h6-9H,1-5H3,(H,19,20)(H2,17,18,21). The van der Waals surface area contributed by atoms with E-state index in [-0.39, 0.29) is 11.4 Å². The molecule has 3 amide bonds. The van der Waals surface area contributed by atoms with Crippen molar-refractivity contribution in [3.63, 3.8) is 0 Å². The Kier molecular flexibility index (Phi) is 6.05. The maximum Gasteiger partial charge on any atom is 0.319 e. The number of carbonyl (C=O) groups excluding carboxylic acids is 2. The molecule has 1 aromatic rings. The van der Waals surface area contributed by atoms with Crippen molar-refractivity contribution >= 4 is 29.2 Å². The Hall–Kier alpha value is -1.95. The summed E-state index contributed by atoms with van der Waals surface area (Å²) in [5.41, 5.74) is 0.0754. The lowest BCUT2D eigenvalue weighted by Crippen LogP contribution is -2.51. The van der Waals surface area contributed by atoms with Gasteiger partial charge in [0.1, 0.15) is 11.8 Å². The smallest absolute Gasteiger partial charge is 0.319 e. The molecule has 0 aliphatic rings. The Bertz CT molecular complexity index is 555. The van der Waals surface area contributed by atoms with E-state index in [2.05, 4.69) is 16.0 Å². The molecule has 0 saturated carbocycles. The number of halogens is 1. The second-order valence-corrected chi connectivity index (χ2v) is 6.31. The molecule has 0 bridgehead atoms. The van der Waals surface area contributed by atoms with Gasteiger partial charge < -0.3 is 20.7 Å². The number of benzene rings is 1. The number of anilines is 1. The van der Waals surface area contributed by atoms with E-state index < -0.39 is 12.1 Å². The van der Waals surface area contributed by atoms with E-state index in [0.29, 0.717) is 16.5 Å². The minimum absolute atomic E-state index is 0.261. The van der Waals surface area contributed by atoms with Gasteiger partial charge in [0, 0.05) is 11.6 Å². The molecule has 6 nitrogen and oxygen atoms in total. The molecule has 7 heteroatoms. The molecule has 0 spiro atoms. The second kappa shape index (κ2) is 7.35. The summed E-state index contributed by atoms with van der Waals surface area (Å²) in [5.74, 6) is 0.331. The molecule has 1 rings (SSSR count). The number of rotatable bonds is 4. The van der Waals surface area contributed by atoms with Gasteiger partial charge in [-0.25, -0.2) is 4.79 Å². The molecular weight excluding hydrogens is 306 g/mol. The van der Waals surface area contributed by atoms with E-state index in [1.54, 1.807) is 25.1 Å². The van der Waals surface area contributed by atoms with Crippen LogP contribution in [0.25, 0.3) is 0 Å². The third kappa shape index (κ3) is 5.81. The summed E-state index contributed by atoms with van der Waals surface area (Å²) < 4.78 is 5.03. The van der Waals surface area contributed by atoms with Gasteiger partial charge >= 0.3 is 6.03 Å². The maximum absolute atomic E-state index is 11.9. The molecule has 1 aromatic carbocycles. The first-order valence-corrected chi connectivity index (χ1v) is 7.23. The van der Waals surface area contributed by atoms with Crippen LogP contribution in [0.15, 0.2) is 18.2 Å². The average molecular weight is 328 g/mol. The molecule has 3 N–H and O–H groups in total. The zero-order chi connectivity index (χ0) is 16.9. The Morgan fingerprint density at radius 3 is 2.41 bits per heavy atom. The van der Waals surface area contributed by atoms with Gasteiger partial charge in [0.25, 0.3) is 0 Å². The van der Waals surface area contributed by atoms with Gasteiger partial charge in [0.2, 0.25) is 5.91 Å². The van der Waals surface area contributed by atoms with Crippen LogP contribution in [-0.4, -0.2) is 30.6 Å². The molecule has 0 aromatic heterocycles. The Morgan fingerprint density at radius 2 is 1.91 bits per heavy atom. The zero-order valence-electron chi connectivity index (χ0n) is 13.4. The quantitative estimate of drug-likeness (QED) is 0.795. The second-order valence-electron chi connectivity index (χ2n) is 5.91. The van der Waals surface area contributed by atoms with Crippen LogP contribution < -0.4 is 20.7 Å². The largest absolute Gasteiger partial charge is 0.497 e. The average Bonchev–Trinajstić information content (AvgIpc) is 2.39. The highest BCUT2D eigenvalue weighted by molar-refractivity contribution is 6.33. The van der Waals surface area contributed by atoms with E-state index in [0.717, 1.165) is 0 Å². The normalized spacial score (nSPS) is 12.3. The van der Waals surface area contributed by atoms with Crippen LogP contribution in [0.1, 0.15) is 27.7 Å². The van der Waals surface area contributed by atoms with E-state index in [1.165, 1.54) is 7.11 Å². The first-order chi connectivity index (χ1) is 10.1. The number of nitrogens with one attached hydrogen (secondary N) is 3. The lowest BCUT2D eigenvalue weighted by molar-refractivity contribution is -0.123. The first-order valence-electron chi connectivity index (χ1n) is 6.85. The van der Waals surface area contributed by atoms with Crippen molar-refractivity contribution in [1.29, 1.82) is 0 Å². The predicted molar refractivity (Wildman–Crippen MR) is 87.5 cm³/mol. The van der Waals surface area contributed by atoms with Crippen molar-refractivity contribution in [2.75, 3.05) is 12.4 Å². The van der Waals surface area contributed by atoms with Crippen molar-refractivity contribution in [1.82, 2.24) is 10.6 Å². The molecule has 0 heterocycles. The highest BCUT2D eigenvalue weighted by Gasteiger charge is 2.20. The first kappa shape index (κ1) is 18.1. The Morgan fingerprint density at radius 1 is 1.27 bits per heavy atom. The summed E-state index contributed by atoms with van der Waals surface area (Å²) in [5, 5.41) is 8.29. The van der Waals surface area contributed by atoms with Crippen molar-refractivity contribution in [2.24, 2.45) is 0 Å². The van der Waals surface area contributed by atoms with E-state index in [9.17, 15) is 9.59 Å². The van der Waals surface area contributed by atoms with Gasteiger partial charge in [-0.15, -0.1) is 0 Å². The zero-order valence-corrected chi connectivity index (χ0v) is 14.2. The van der Waals surface area contributed by atoms with Crippen molar-refractivity contribution < 1.29 is 14.3 Å². The van der Waals surface area contributed by atoms with Gasteiger partial charge in [0.05, 0.1) is 17.8 Å². The number of carbonyl (C=O) groups is 2. The number of methoxy groups -OCH3 is 1. The number of amides is 3. The molecule has 22 heavy (non-hydrogen) atoms. The lowest BCUT2D eigenvalue weighted by Gasteiger charge is -2.23. The van der Waals surface area contributed by atoms with Crippen LogP contribution in [0.5, 0.6) is 5.75 Å². The highest BCUT2D eigenvalue weighted by Crippen LogP contribution is 2.26. The van der Waals surface area contributed by atoms with Crippen molar-refractivity contribution in [2.45, 2.75) is 39.3 Å². The van der Waals surface area contributed by atoms with Gasteiger partial charge in [-0.2, -0.15) is 0 Å². The summed E-state index contributed by atoms with van der Waals surface area (Å²) in [7, 11) is 1.53. The van der Waals surface area contributed by atoms with Crippen LogP contribution in [0.3, 0.4) is 0 Å². The SMILES string of the molecule is COc1ccc(NC(=O)NC(C)C(=O)NC(C)(C)C)c(Cl)c1. The fraction of sp³-hybridized carbons (Fsp3) is 0.467. The van der Waals surface area contributed by atoms with Gasteiger partial charge in [-0.05, 0) is 39.8 Å². The molecule has 0 fully saturated rings. The highest BCUT2D eigenvalue weighted by atomic mass is 35.5. The molecule has 0 aliphatic heterocycles. The summed E-state index contributed by atoms with van der Waals surface area (Å²) in [4.78, 5) is 23.8. The van der Waals surface area contributed by atoms with E-state index in [1.807, 2.05) is 20.8 Å². The molecule has 1 atom stereocenters. The third-order valence-corrected chi connectivity index (χ3v) is 2.98. The molecule has 0 radical (unpaired) electrons. The van der Waals surface area contributed by atoms with Gasteiger partial charge in [-0.1, -0.05) is 11.6 Å². The van der Waals surface area contributed by atoms with Gasteiger partial charge in [0.15, 0.2) is 0 Å². The van der Waals surface area contributed by atoms with Crippen LogP contribution in [-0.2, 0) is 4.79 Å². The summed E-state index contributed by atoms with van der Waals surface area (Å²) in [6.45, 7) is 7.22. The summed E-state index contributed by atoms with van der Waals surface area (Å²) in [6.07, 6.45) is 0. The Balaban J connectivity index is 2.61. The van der Waals surface area contributed by atoms with Gasteiger partial charge in [-0.3, -0.25) is 4.79 Å². The molecule has 0 saturated heterocycles. The number of hydrogen-bond donors (Lipinski definition) is 3. The summed E-state index contributed by atoms with van der Waals surface area (Å²) in [6, 6.07) is 3.71. The fourth-order valence-corrected chi connectivity index (χ4v) is 1.84. The number of hydrogen-bond acceptors (Lipinski definition) is 3. The monoisotopic (exact) mass is 327 g/mol. The Labute approximate surface area is 135 Å². The minimum Gasteiger partial charge on any atom is -0.497 e. The minimum atomic E-state index is -0.670.